The summed E-state index contributed by atoms with van der Waals surface area (Å²) in [5.41, 5.74) is 7.41. The van der Waals surface area contributed by atoms with Gasteiger partial charge in [0.2, 0.25) is 0 Å². The molecule has 0 atom stereocenters. The number of nitrogens with two attached hydrogens (primary N) is 1. The Labute approximate surface area is 183 Å². The minimum absolute atomic E-state index is 0.00993. The number of aryl methyl sites for hydroxylation is 1. The molecule has 0 amide bonds. The van der Waals surface area contributed by atoms with Crippen molar-refractivity contribution in [3.63, 3.8) is 0 Å². The van der Waals surface area contributed by atoms with Crippen molar-refractivity contribution in [2.45, 2.75) is 26.9 Å². The number of carbonyl (C=O) groups excluding carboxylic acids is 2. The van der Waals surface area contributed by atoms with Crippen LogP contribution in [0.1, 0.15) is 33.5 Å². The van der Waals surface area contributed by atoms with Crippen LogP contribution in [0, 0.1) is 6.92 Å². The number of hydrogen-bond donors (Lipinski definition) is 1. The Morgan fingerprint density at radius 2 is 1.90 bits per heavy atom. The molecule has 9 nitrogen and oxygen atoms in total. The minimum atomic E-state index is -0.472. The lowest BCUT2D eigenvalue weighted by molar-refractivity contribution is -0.144. The summed E-state index contributed by atoms with van der Waals surface area (Å²) in [6, 6.07) is 5.18. The van der Waals surface area contributed by atoms with Gasteiger partial charge in [-0.2, -0.15) is 0 Å². The number of aromatic nitrogens is 2. The second-order valence-electron chi connectivity index (χ2n) is 6.50. The first-order chi connectivity index (χ1) is 14.9. The van der Waals surface area contributed by atoms with Gasteiger partial charge < -0.3 is 24.7 Å². The Morgan fingerprint density at radius 3 is 2.58 bits per heavy atom. The van der Waals surface area contributed by atoms with Crippen LogP contribution in [0.3, 0.4) is 0 Å². The van der Waals surface area contributed by atoms with E-state index in [0.29, 0.717) is 37.7 Å². The summed E-state index contributed by atoms with van der Waals surface area (Å²) < 4.78 is 20.8. The van der Waals surface area contributed by atoms with Crippen LogP contribution >= 0.6 is 11.3 Å². The molecule has 0 radical (unpaired) electrons. The molecule has 0 aliphatic heterocycles. The number of fused-ring (bicyclic) bond motifs is 1. The zero-order valence-electron chi connectivity index (χ0n) is 17.7. The third-order valence-corrected chi connectivity index (χ3v) is 5.68. The Kier molecular flexibility index (Phi) is 6.91. The van der Waals surface area contributed by atoms with E-state index in [0.717, 1.165) is 0 Å². The number of rotatable bonds is 8. The van der Waals surface area contributed by atoms with Crippen molar-refractivity contribution >= 4 is 39.3 Å². The smallest absolute Gasteiger partial charge is 0.348 e. The Morgan fingerprint density at radius 1 is 1.13 bits per heavy atom. The van der Waals surface area contributed by atoms with Gasteiger partial charge in [0.1, 0.15) is 27.0 Å². The number of nitrogens with zero attached hydrogens (tertiary/aromatic N) is 2. The van der Waals surface area contributed by atoms with Gasteiger partial charge in [0, 0.05) is 11.6 Å². The topological polar surface area (TPSA) is 123 Å². The Balaban J connectivity index is 1.74. The maximum absolute atomic E-state index is 12.3. The minimum Gasteiger partial charge on any atom is -0.497 e. The summed E-state index contributed by atoms with van der Waals surface area (Å²) in [5.74, 6) is 0.719. The van der Waals surface area contributed by atoms with Gasteiger partial charge in [-0.15, -0.1) is 11.3 Å². The van der Waals surface area contributed by atoms with Crippen LogP contribution in [0.2, 0.25) is 0 Å². The maximum Gasteiger partial charge on any atom is 0.348 e. The molecule has 0 aliphatic rings. The highest BCUT2D eigenvalue weighted by atomic mass is 32.1. The van der Waals surface area contributed by atoms with Gasteiger partial charge >= 0.3 is 11.9 Å². The molecule has 0 spiro atoms. The Bertz CT molecular complexity index is 1130. The number of ether oxygens (including phenoxy) is 4. The maximum atomic E-state index is 12.3. The van der Waals surface area contributed by atoms with E-state index < -0.39 is 11.9 Å². The summed E-state index contributed by atoms with van der Waals surface area (Å²) in [7, 11) is 3.07. The molecule has 0 saturated carbocycles. The largest absolute Gasteiger partial charge is 0.497 e. The first-order valence-corrected chi connectivity index (χ1v) is 10.3. The van der Waals surface area contributed by atoms with Crippen LogP contribution in [0.15, 0.2) is 18.2 Å². The number of thiophene rings is 1. The van der Waals surface area contributed by atoms with Gasteiger partial charge in [-0.3, -0.25) is 4.79 Å². The molecule has 0 aliphatic carbocycles. The number of hydrogen-bond acceptors (Lipinski definition) is 10. The average molecular weight is 445 g/mol. The van der Waals surface area contributed by atoms with E-state index in [9.17, 15) is 9.59 Å². The molecular formula is C21H23N3O6S. The summed E-state index contributed by atoms with van der Waals surface area (Å²) >= 11 is 1.17. The standard InChI is InChI=1S/C21H23N3O6S/c1-5-29-21(26)18-11(2)17-19(22)23-15(24-20(17)31-18)10-30-16(25)8-12-6-7-13(27-3)9-14(12)28-4/h6-7,9H,5,8,10H2,1-4H3,(H2,22,23,24). The summed E-state index contributed by atoms with van der Waals surface area (Å²) in [5, 5.41) is 0.603. The molecule has 0 unspecified atom stereocenters. The molecule has 2 N–H and O–H groups in total. The van der Waals surface area contributed by atoms with Crippen molar-refractivity contribution in [2.75, 3.05) is 26.6 Å². The fourth-order valence-corrected chi connectivity index (χ4v) is 4.12. The van der Waals surface area contributed by atoms with Gasteiger partial charge in [0.05, 0.1) is 32.6 Å². The quantitative estimate of drug-likeness (QED) is 0.521. The molecule has 3 rings (SSSR count). The molecule has 2 aromatic heterocycles. The van der Waals surface area contributed by atoms with Gasteiger partial charge in [0.15, 0.2) is 12.4 Å². The molecular weight excluding hydrogens is 422 g/mol. The number of methoxy groups -OCH3 is 2. The van der Waals surface area contributed by atoms with E-state index in [4.69, 9.17) is 24.7 Å². The number of benzene rings is 1. The van der Waals surface area contributed by atoms with E-state index in [2.05, 4.69) is 9.97 Å². The van der Waals surface area contributed by atoms with E-state index in [1.165, 1.54) is 18.4 Å². The summed E-state index contributed by atoms with van der Waals surface area (Å²) in [6.07, 6.45) is 0.00993. The summed E-state index contributed by atoms with van der Waals surface area (Å²) in [4.78, 5) is 34.0. The van der Waals surface area contributed by atoms with Crippen LogP contribution in [0.25, 0.3) is 10.2 Å². The lowest BCUT2D eigenvalue weighted by Gasteiger charge is -2.10. The second kappa shape index (κ2) is 9.61. The Hall–Kier alpha value is -3.40. The normalized spacial score (nSPS) is 10.7. The highest BCUT2D eigenvalue weighted by Crippen LogP contribution is 2.33. The van der Waals surface area contributed by atoms with Gasteiger partial charge in [-0.1, -0.05) is 6.07 Å². The number of nitrogen functional groups attached to an aromatic ring is 1. The highest BCUT2D eigenvalue weighted by Gasteiger charge is 2.21. The molecule has 0 bridgehead atoms. The van der Waals surface area contributed by atoms with E-state index in [-0.39, 0.29) is 31.3 Å². The zero-order valence-corrected chi connectivity index (χ0v) is 18.5. The molecule has 164 valence electrons. The predicted molar refractivity (Wildman–Crippen MR) is 116 cm³/mol. The number of esters is 2. The van der Waals surface area contributed by atoms with E-state index in [1.54, 1.807) is 39.2 Å². The van der Waals surface area contributed by atoms with Gasteiger partial charge in [0.25, 0.3) is 0 Å². The molecule has 1 aromatic carbocycles. The van der Waals surface area contributed by atoms with E-state index >= 15 is 0 Å². The second-order valence-corrected chi connectivity index (χ2v) is 7.50. The monoisotopic (exact) mass is 445 g/mol. The van der Waals surface area contributed by atoms with E-state index in [1.807, 2.05) is 0 Å². The van der Waals surface area contributed by atoms with Crippen LogP contribution in [0.4, 0.5) is 5.82 Å². The van der Waals surface area contributed by atoms with Gasteiger partial charge in [-0.25, -0.2) is 14.8 Å². The predicted octanol–water partition coefficient (Wildman–Crippen LogP) is 3.06. The number of anilines is 1. The van der Waals surface area contributed by atoms with Crippen LogP contribution in [-0.2, 0) is 27.3 Å². The SMILES string of the molecule is CCOC(=O)c1sc2nc(COC(=O)Cc3ccc(OC)cc3OC)nc(N)c2c1C. The molecule has 3 aromatic rings. The third-order valence-electron chi connectivity index (χ3n) is 4.52. The molecule has 31 heavy (non-hydrogen) atoms. The lowest BCUT2D eigenvalue weighted by atomic mass is 10.1. The first-order valence-electron chi connectivity index (χ1n) is 9.47. The van der Waals surface area contributed by atoms with Crippen LogP contribution in [-0.4, -0.2) is 42.7 Å². The summed E-state index contributed by atoms with van der Waals surface area (Å²) in [6.45, 7) is 3.63. The lowest BCUT2D eigenvalue weighted by Crippen LogP contribution is -2.11. The van der Waals surface area contributed by atoms with Gasteiger partial charge in [-0.05, 0) is 25.5 Å². The first kappa shape index (κ1) is 22.3. The molecule has 2 heterocycles. The van der Waals surface area contributed by atoms with Crippen LogP contribution in [0.5, 0.6) is 11.5 Å². The average Bonchev–Trinajstić information content (AvgIpc) is 3.09. The van der Waals surface area contributed by atoms with Crippen molar-refractivity contribution in [2.24, 2.45) is 0 Å². The van der Waals surface area contributed by atoms with Crippen molar-refractivity contribution in [1.82, 2.24) is 9.97 Å². The fourth-order valence-electron chi connectivity index (χ4n) is 3.02. The molecule has 0 fully saturated rings. The third kappa shape index (κ3) is 4.85. The number of carbonyl (C=O) groups is 2. The van der Waals surface area contributed by atoms with Crippen molar-refractivity contribution in [3.8, 4) is 11.5 Å². The fraction of sp³-hybridized carbons (Fsp3) is 0.333. The van der Waals surface area contributed by atoms with Crippen molar-refractivity contribution in [1.29, 1.82) is 0 Å². The zero-order chi connectivity index (χ0) is 22.5. The molecule has 0 saturated heterocycles. The van der Waals surface area contributed by atoms with Crippen LogP contribution < -0.4 is 15.2 Å². The highest BCUT2D eigenvalue weighted by molar-refractivity contribution is 7.20. The molecule has 10 heteroatoms. The van der Waals surface area contributed by atoms with Crippen molar-refractivity contribution < 1.29 is 28.5 Å². The van der Waals surface area contributed by atoms with Crippen molar-refractivity contribution in [3.05, 3.63) is 40.0 Å².